The molecule has 0 N–H and O–H groups in total. The molecular weight excluding hydrogens is 488 g/mol. The van der Waals surface area contributed by atoms with Crippen LogP contribution in [0.15, 0.2) is 97.1 Å². The van der Waals surface area contributed by atoms with E-state index in [0.29, 0.717) is 11.1 Å². The van der Waals surface area contributed by atoms with Crippen LogP contribution in [0.1, 0.15) is 41.4 Å². The third kappa shape index (κ3) is 5.60. The topological polar surface area (TPSA) is 105 Å². The van der Waals surface area contributed by atoms with Gasteiger partial charge in [0.25, 0.3) is 0 Å². The maximum absolute atomic E-state index is 13.2. The number of carbonyl (C=O) groups is 4. The largest absolute Gasteiger partial charge is 0.465 e. The molecule has 0 bridgehead atoms. The summed E-state index contributed by atoms with van der Waals surface area (Å²) in [5.74, 6) is -2.55. The molecule has 0 radical (unpaired) electrons. The van der Waals surface area contributed by atoms with Crippen LogP contribution in [-0.2, 0) is 9.47 Å². The van der Waals surface area contributed by atoms with Crippen LogP contribution in [-0.4, -0.2) is 38.1 Å². The van der Waals surface area contributed by atoms with E-state index in [9.17, 15) is 19.2 Å². The van der Waals surface area contributed by atoms with Gasteiger partial charge in [-0.15, -0.1) is 0 Å². The average molecular weight is 510 g/mol. The summed E-state index contributed by atoms with van der Waals surface area (Å²) < 4.78 is 20.5. The zero-order chi connectivity index (χ0) is 27.1. The van der Waals surface area contributed by atoms with Gasteiger partial charge in [0, 0.05) is 0 Å². The molecule has 0 atom stereocenters. The van der Waals surface area contributed by atoms with Crippen LogP contribution < -0.4 is 9.47 Å². The molecule has 0 spiro atoms. The first kappa shape index (κ1) is 25.8. The van der Waals surface area contributed by atoms with Gasteiger partial charge in [0.05, 0.1) is 25.3 Å². The number of methoxy groups -OCH3 is 2. The minimum atomic E-state index is -0.699. The molecule has 0 saturated carbocycles. The van der Waals surface area contributed by atoms with Gasteiger partial charge in [-0.2, -0.15) is 0 Å². The van der Waals surface area contributed by atoms with Gasteiger partial charge in [0.15, 0.2) is 0 Å². The van der Waals surface area contributed by atoms with E-state index in [2.05, 4.69) is 0 Å². The molecule has 4 aromatic carbocycles. The monoisotopic (exact) mass is 510 g/mol. The number of hydrogen-bond acceptors (Lipinski definition) is 8. The van der Waals surface area contributed by atoms with Crippen LogP contribution in [0.5, 0.6) is 11.5 Å². The van der Waals surface area contributed by atoms with Crippen molar-refractivity contribution in [3.05, 3.63) is 119 Å². The van der Waals surface area contributed by atoms with Crippen LogP contribution in [0.25, 0.3) is 11.1 Å². The number of benzene rings is 4. The second-order valence-corrected chi connectivity index (χ2v) is 7.88. The molecule has 8 nitrogen and oxygen atoms in total. The molecular formula is C30H22O8. The molecule has 0 heterocycles. The van der Waals surface area contributed by atoms with Gasteiger partial charge in [0.2, 0.25) is 0 Å². The van der Waals surface area contributed by atoms with Crippen molar-refractivity contribution < 1.29 is 38.1 Å². The minimum Gasteiger partial charge on any atom is -0.465 e. The predicted molar refractivity (Wildman–Crippen MR) is 137 cm³/mol. The Kier molecular flexibility index (Phi) is 7.93. The Morgan fingerprint density at radius 1 is 0.500 bits per heavy atom. The van der Waals surface area contributed by atoms with Crippen molar-refractivity contribution in [2.24, 2.45) is 0 Å². The maximum Gasteiger partial charge on any atom is 0.344 e. The standard InChI is InChI=1S/C30H22O8/c1-35-28(32)23-14-5-7-16-25(23)37-27(31)20-11-9-10-19(18-20)21-12-3-4-13-22(21)30(34)38-26-17-8-6-15-24(26)29(33)36-2/h3-18H,1-2H3. The van der Waals surface area contributed by atoms with E-state index in [1.54, 1.807) is 72.8 Å². The predicted octanol–water partition coefficient (Wildman–Crippen LogP) is 5.37. The molecule has 0 aromatic heterocycles. The molecule has 0 unspecified atom stereocenters. The normalized spacial score (nSPS) is 10.3. The second-order valence-electron chi connectivity index (χ2n) is 7.88. The number of para-hydroxylation sites is 2. The SMILES string of the molecule is COC(=O)c1ccccc1OC(=O)c1cccc(-c2ccccc2C(=O)Oc2ccccc2C(=O)OC)c1. The van der Waals surface area contributed by atoms with Crippen molar-refractivity contribution in [1.29, 1.82) is 0 Å². The van der Waals surface area contributed by atoms with Gasteiger partial charge in [-0.3, -0.25) is 0 Å². The third-order valence-corrected chi connectivity index (χ3v) is 5.55. The molecule has 0 fully saturated rings. The number of rotatable bonds is 7. The van der Waals surface area contributed by atoms with Crippen molar-refractivity contribution in [2.45, 2.75) is 0 Å². The first-order valence-electron chi connectivity index (χ1n) is 11.4. The van der Waals surface area contributed by atoms with Gasteiger partial charge < -0.3 is 18.9 Å². The highest BCUT2D eigenvalue weighted by Crippen LogP contribution is 2.28. The first-order valence-corrected chi connectivity index (χ1v) is 11.4. The van der Waals surface area contributed by atoms with E-state index in [-0.39, 0.29) is 33.8 Å². The smallest absolute Gasteiger partial charge is 0.344 e. The average Bonchev–Trinajstić information content (AvgIpc) is 2.97. The summed E-state index contributed by atoms with van der Waals surface area (Å²) >= 11 is 0. The van der Waals surface area contributed by atoms with Crippen molar-refractivity contribution in [2.75, 3.05) is 14.2 Å². The Morgan fingerprint density at radius 3 is 1.58 bits per heavy atom. The fourth-order valence-electron chi connectivity index (χ4n) is 3.71. The van der Waals surface area contributed by atoms with Crippen LogP contribution >= 0.6 is 0 Å². The summed E-state index contributed by atoms with van der Waals surface area (Å²) in [5.41, 5.74) is 1.68. The van der Waals surface area contributed by atoms with Gasteiger partial charge in [-0.25, -0.2) is 19.2 Å². The lowest BCUT2D eigenvalue weighted by molar-refractivity contribution is 0.0580. The number of ether oxygens (including phenoxy) is 4. The summed E-state index contributed by atoms with van der Waals surface area (Å²) in [5, 5.41) is 0. The zero-order valence-corrected chi connectivity index (χ0v) is 20.5. The quantitative estimate of drug-likeness (QED) is 0.242. The number of esters is 4. The van der Waals surface area contributed by atoms with Crippen LogP contribution in [0.3, 0.4) is 0 Å². The van der Waals surface area contributed by atoms with Gasteiger partial charge in [-0.05, 0) is 53.6 Å². The molecule has 4 rings (SSSR count). The molecule has 0 saturated heterocycles. The number of carbonyl (C=O) groups excluding carboxylic acids is 4. The Bertz CT molecular complexity index is 1520. The lowest BCUT2D eigenvalue weighted by Crippen LogP contribution is -2.14. The zero-order valence-electron chi connectivity index (χ0n) is 20.5. The Labute approximate surface area is 218 Å². The van der Waals surface area contributed by atoms with E-state index in [1.165, 1.54) is 38.5 Å². The van der Waals surface area contributed by atoms with Crippen LogP contribution in [0.4, 0.5) is 0 Å². The van der Waals surface area contributed by atoms with E-state index < -0.39 is 23.9 Å². The van der Waals surface area contributed by atoms with Gasteiger partial charge in [0.1, 0.15) is 22.6 Å². The fourth-order valence-corrected chi connectivity index (χ4v) is 3.71. The van der Waals surface area contributed by atoms with Gasteiger partial charge >= 0.3 is 23.9 Å². The molecule has 0 amide bonds. The van der Waals surface area contributed by atoms with Crippen molar-refractivity contribution in [3.8, 4) is 22.6 Å². The molecule has 38 heavy (non-hydrogen) atoms. The fraction of sp³-hybridized carbons (Fsp3) is 0.0667. The van der Waals surface area contributed by atoms with E-state index in [0.717, 1.165) is 0 Å². The Hall–Kier alpha value is -5.24. The maximum atomic E-state index is 13.2. The first-order chi connectivity index (χ1) is 18.4. The van der Waals surface area contributed by atoms with E-state index in [4.69, 9.17) is 18.9 Å². The lowest BCUT2D eigenvalue weighted by atomic mass is 9.98. The minimum absolute atomic E-state index is 0.0563. The number of hydrogen-bond donors (Lipinski definition) is 0. The van der Waals surface area contributed by atoms with Gasteiger partial charge in [-0.1, -0.05) is 54.6 Å². The third-order valence-electron chi connectivity index (χ3n) is 5.55. The lowest BCUT2D eigenvalue weighted by Gasteiger charge is -2.13. The highest BCUT2D eigenvalue weighted by atomic mass is 16.6. The van der Waals surface area contributed by atoms with E-state index in [1.807, 2.05) is 0 Å². The highest BCUT2D eigenvalue weighted by molar-refractivity contribution is 6.01. The van der Waals surface area contributed by atoms with E-state index >= 15 is 0 Å². The second kappa shape index (κ2) is 11.7. The summed E-state index contributed by atoms with van der Waals surface area (Å²) in [6.07, 6.45) is 0. The van der Waals surface area contributed by atoms with Crippen LogP contribution in [0.2, 0.25) is 0 Å². The van der Waals surface area contributed by atoms with Crippen LogP contribution in [0, 0.1) is 0 Å². The molecule has 8 heteroatoms. The molecule has 4 aromatic rings. The molecule has 0 aliphatic heterocycles. The van der Waals surface area contributed by atoms with Crippen molar-refractivity contribution in [3.63, 3.8) is 0 Å². The summed E-state index contributed by atoms with van der Waals surface area (Å²) in [6, 6.07) is 25.7. The Balaban J connectivity index is 1.62. The van der Waals surface area contributed by atoms with Crippen molar-refractivity contribution >= 4 is 23.9 Å². The summed E-state index contributed by atoms with van der Waals surface area (Å²) in [4.78, 5) is 50.2. The highest BCUT2D eigenvalue weighted by Gasteiger charge is 2.21. The molecule has 190 valence electrons. The molecule has 0 aliphatic carbocycles. The summed E-state index contributed by atoms with van der Waals surface area (Å²) in [7, 11) is 2.48. The summed E-state index contributed by atoms with van der Waals surface area (Å²) in [6.45, 7) is 0. The molecule has 0 aliphatic rings. The Morgan fingerprint density at radius 2 is 1.00 bits per heavy atom. The van der Waals surface area contributed by atoms with Crippen molar-refractivity contribution in [1.82, 2.24) is 0 Å².